The molecule has 0 radical (unpaired) electrons. The molecule has 0 fully saturated rings. The van der Waals surface area contributed by atoms with Crippen molar-refractivity contribution in [2.24, 2.45) is 0 Å². The molecule has 1 aromatic rings. The van der Waals surface area contributed by atoms with E-state index in [0.29, 0.717) is 5.75 Å². The van der Waals surface area contributed by atoms with Crippen molar-refractivity contribution < 1.29 is 0 Å². The third-order valence-electron chi connectivity index (χ3n) is 1.39. The van der Waals surface area contributed by atoms with E-state index >= 15 is 0 Å². The first-order valence-electron chi connectivity index (χ1n) is 3.61. The lowest BCUT2D eigenvalue weighted by atomic mass is 10.2. The van der Waals surface area contributed by atoms with E-state index in [1.165, 1.54) is 11.8 Å². The molecular formula is C9H7Cl2NS. The van der Waals surface area contributed by atoms with Gasteiger partial charge in [-0.15, -0.1) is 11.8 Å². The molecule has 0 N–H and O–H groups in total. The normalized spacial score (nSPS) is 10.8. The molecule has 0 spiro atoms. The van der Waals surface area contributed by atoms with Crippen LogP contribution in [0.15, 0.2) is 30.3 Å². The van der Waals surface area contributed by atoms with Crippen LogP contribution in [0.4, 0.5) is 0 Å². The molecular weight excluding hydrogens is 225 g/mol. The fourth-order valence-corrected chi connectivity index (χ4v) is 1.71. The van der Waals surface area contributed by atoms with Crippen molar-refractivity contribution in [1.29, 1.82) is 5.26 Å². The first-order valence-corrected chi connectivity index (χ1v) is 5.35. The molecule has 0 amide bonds. The summed E-state index contributed by atoms with van der Waals surface area (Å²) in [6.45, 7) is 0. The molecule has 13 heavy (non-hydrogen) atoms. The molecule has 1 rings (SSSR count). The highest BCUT2D eigenvalue weighted by atomic mass is 35.5. The molecule has 1 aromatic carbocycles. The Bertz CT molecular complexity index is 305. The maximum absolute atomic E-state index is 8.54. The maximum Gasteiger partial charge on any atom is 0.249 e. The molecule has 0 aliphatic carbocycles. The first-order chi connectivity index (χ1) is 6.14. The van der Waals surface area contributed by atoms with Crippen LogP contribution in [0.5, 0.6) is 0 Å². The summed E-state index contributed by atoms with van der Waals surface area (Å²) in [5.41, 5.74) is 1.11. The molecule has 0 saturated heterocycles. The Hall–Kier alpha value is -0.360. The van der Waals surface area contributed by atoms with E-state index in [0.717, 1.165) is 5.56 Å². The minimum absolute atomic E-state index is 0.640. The Morgan fingerprint density at radius 2 is 1.92 bits per heavy atom. The molecule has 0 aliphatic heterocycles. The molecule has 0 heterocycles. The predicted molar refractivity (Wildman–Crippen MR) is 57.8 cm³/mol. The van der Waals surface area contributed by atoms with E-state index < -0.39 is 3.67 Å². The van der Waals surface area contributed by atoms with Gasteiger partial charge < -0.3 is 0 Å². The van der Waals surface area contributed by atoms with Gasteiger partial charge >= 0.3 is 0 Å². The molecule has 0 saturated carbocycles. The Morgan fingerprint density at radius 1 is 1.31 bits per heavy atom. The second-order valence-corrected chi connectivity index (χ2v) is 5.37. The van der Waals surface area contributed by atoms with Crippen LogP contribution in [-0.2, 0) is 5.75 Å². The molecule has 0 atom stereocenters. The molecule has 1 nitrogen and oxygen atoms in total. The topological polar surface area (TPSA) is 23.8 Å². The van der Waals surface area contributed by atoms with E-state index in [2.05, 4.69) is 0 Å². The predicted octanol–water partition coefficient (Wildman–Crippen LogP) is 3.57. The lowest BCUT2D eigenvalue weighted by molar-refractivity contribution is 1.36. The Kier molecular flexibility index (Phi) is 3.92. The van der Waals surface area contributed by atoms with Crippen LogP contribution in [0.25, 0.3) is 0 Å². The lowest BCUT2D eigenvalue weighted by Crippen LogP contribution is -2.02. The van der Waals surface area contributed by atoms with Crippen LogP contribution in [0, 0.1) is 11.3 Å². The number of hydrogen-bond donors (Lipinski definition) is 0. The summed E-state index contributed by atoms with van der Waals surface area (Å²) in [5, 5.41) is 8.54. The standard InChI is InChI=1S/C9H7Cl2NS/c10-9(11,7-12)13-6-8-4-2-1-3-5-8/h1-5H,6H2. The van der Waals surface area contributed by atoms with Crippen LogP contribution in [0.1, 0.15) is 5.56 Å². The summed E-state index contributed by atoms with van der Waals surface area (Å²) in [6, 6.07) is 11.5. The number of hydrogen-bond acceptors (Lipinski definition) is 2. The summed E-state index contributed by atoms with van der Waals surface area (Å²) >= 11 is 12.5. The van der Waals surface area contributed by atoms with Crippen LogP contribution >= 0.6 is 35.0 Å². The lowest BCUT2D eigenvalue weighted by Gasteiger charge is -2.08. The van der Waals surface area contributed by atoms with Crippen LogP contribution < -0.4 is 0 Å². The van der Waals surface area contributed by atoms with Gasteiger partial charge in [-0.3, -0.25) is 0 Å². The number of alkyl halides is 2. The SMILES string of the molecule is N#CC(Cl)(Cl)SCc1ccccc1. The van der Waals surface area contributed by atoms with Crippen molar-refractivity contribution in [3.05, 3.63) is 35.9 Å². The molecule has 0 aromatic heterocycles. The Balaban J connectivity index is 2.50. The van der Waals surface area contributed by atoms with Gasteiger partial charge in [0, 0.05) is 5.75 Å². The second kappa shape index (κ2) is 4.76. The van der Waals surface area contributed by atoms with E-state index in [-0.39, 0.29) is 0 Å². The monoisotopic (exact) mass is 231 g/mol. The molecule has 0 aliphatic rings. The number of thioether (sulfide) groups is 1. The summed E-state index contributed by atoms with van der Waals surface area (Å²) in [5.74, 6) is 0.640. The van der Waals surface area contributed by atoms with Crippen LogP contribution in [0.3, 0.4) is 0 Å². The van der Waals surface area contributed by atoms with Gasteiger partial charge in [-0.2, -0.15) is 5.26 Å². The zero-order valence-corrected chi connectivity index (χ0v) is 9.03. The van der Waals surface area contributed by atoms with Gasteiger partial charge in [0.15, 0.2) is 0 Å². The number of rotatable bonds is 3. The van der Waals surface area contributed by atoms with Gasteiger partial charge in [-0.25, -0.2) is 0 Å². The smallest absolute Gasteiger partial charge is 0.194 e. The fourth-order valence-electron chi connectivity index (χ4n) is 0.780. The number of nitriles is 1. The number of benzene rings is 1. The highest BCUT2D eigenvalue weighted by Gasteiger charge is 2.23. The molecule has 68 valence electrons. The molecule has 0 bridgehead atoms. The third kappa shape index (κ3) is 3.91. The van der Waals surface area contributed by atoms with E-state index in [1.807, 2.05) is 30.3 Å². The van der Waals surface area contributed by atoms with E-state index in [4.69, 9.17) is 28.5 Å². The summed E-state index contributed by atoms with van der Waals surface area (Å²) in [7, 11) is 0. The molecule has 4 heteroatoms. The minimum atomic E-state index is -1.34. The Morgan fingerprint density at radius 3 is 2.46 bits per heavy atom. The molecule has 0 unspecified atom stereocenters. The zero-order valence-electron chi connectivity index (χ0n) is 6.71. The van der Waals surface area contributed by atoms with Gasteiger partial charge in [-0.1, -0.05) is 53.5 Å². The largest absolute Gasteiger partial charge is 0.249 e. The zero-order chi connectivity index (χ0) is 9.73. The maximum atomic E-state index is 8.54. The minimum Gasteiger partial charge on any atom is -0.194 e. The first kappa shape index (κ1) is 10.7. The van der Waals surface area contributed by atoms with E-state index in [1.54, 1.807) is 6.07 Å². The number of nitrogens with zero attached hydrogens (tertiary/aromatic N) is 1. The van der Waals surface area contributed by atoms with Crippen molar-refractivity contribution in [2.45, 2.75) is 9.42 Å². The van der Waals surface area contributed by atoms with Crippen molar-refractivity contribution in [3.63, 3.8) is 0 Å². The van der Waals surface area contributed by atoms with Crippen molar-refractivity contribution in [2.75, 3.05) is 0 Å². The van der Waals surface area contributed by atoms with Gasteiger partial charge in [0.25, 0.3) is 0 Å². The van der Waals surface area contributed by atoms with Crippen molar-refractivity contribution >= 4 is 35.0 Å². The highest BCUT2D eigenvalue weighted by molar-refractivity contribution is 8.02. The summed E-state index contributed by atoms with van der Waals surface area (Å²) in [4.78, 5) is 0. The Labute approximate surface area is 91.6 Å². The van der Waals surface area contributed by atoms with Gasteiger partial charge in [-0.05, 0) is 5.56 Å². The van der Waals surface area contributed by atoms with Gasteiger partial charge in [0.1, 0.15) is 6.07 Å². The van der Waals surface area contributed by atoms with Gasteiger partial charge in [0.2, 0.25) is 3.67 Å². The third-order valence-corrected chi connectivity index (χ3v) is 3.15. The second-order valence-electron chi connectivity index (χ2n) is 2.40. The van der Waals surface area contributed by atoms with Crippen molar-refractivity contribution in [3.8, 4) is 6.07 Å². The van der Waals surface area contributed by atoms with E-state index in [9.17, 15) is 0 Å². The average Bonchev–Trinajstić information content (AvgIpc) is 2.17. The summed E-state index contributed by atoms with van der Waals surface area (Å²) in [6.07, 6.45) is 0. The van der Waals surface area contributed by atoms with Gasteiger partial charge in [0.05, 0.1) is 0 Å². The quantitative estimate of drug-likeness (QED) is 0.743. The van der Waals surface area contributed by atoms with Crippen LogP contribution in [0.2, 0.25) is 0 Å². The van der Waals surface area contributed by atoms with Crippen molar-refractivity contribution in [1.82, 2.24) is 0 Å². The summed E-state index contributed by atoms with van der Waals surface area (Å²) < 4.78 is -1.34. The average molecular weight is 232 g/mol. The van der Waals surface area contributed by atoms with Crippen LogP contribution in [-0.4, -0.2) is 3.67 Å². The number of halogens is 2. The fraction of sp³-hybridized carbons (Fsp3) is 0.222. The highest BCUT2D eigenvalue weighted by Crippen LogP contribution is 2.35.